The van der Waals surface area contributed by atoms with Crippen LogP contribution in [-0.4, -0.2) is 43.6 Å². The monoisotopic (exact) mass is 270 g/mol. The summed E-state index contributed by atoms with van der Waals surface area (Å²) in [7, 11) is 0. The third-order valence-electron chi connectivity index (χ3n) is 2.20. The zero-order valence-electron chi connectivity index (χ0n) is 9.77. The van der Waals surface area contributed by atoms with Crippen LogP contribution in [0.1, 0.15) is 19.3 Å². The van der Waals surface area contributed by atoms with Crippen molar-refractivity contribution in [3.8, 4) is 0 Å². The Labute approximate surface area is 108 Å². The van der Waals surface area contributed by atoms with E-state index in [2.05, 4.69) is 10.6 Å². The van der Waals surface area contributed by atoms with E-state index in [0.717, 1.165) is 45.4 Å². The van der Waals surface area contributed by atoms with E-state index in [1.54, 1.807) is 0 Å². The first kappa shape index (κ1) is 16.4. The maximum Gasteiger partial charge on any atom is 0.142 e. The van der Waals surface area contributed by atoms with Gasteiger partial charge in [0.1, 0.15) is 4.33 Å². The van der Waals surface area contributed by atoms with Crippen molar-refractivity contribution in [1.29, 1.82) is 0 Å². The van der Waals surface area contributed by atoms with Gasteiger partial charge in [0.2, 0.25) is 0 Å². The minimum absolute atomic E-state index is 0.268. The van der Waals surface area contributed by atoms with Crippen LogP contribution < -0.4 is 22.1 Å². The van der Waals surface area contributed by atoms with E-state index in [1.165, 1.54) is 0 Å². The first-order chi connectivity index (χ1) is 7.62. The molecule has 98 valence electrons. The highest BCUT2D eigenvalue weighted by Crippen LogP contribution is 2.17. The van der Waals surface area contributed by atoms with Gasteiger partial charge in [-0.05, 0) is 45.4 Å². The van der Waals surface area contributed by atoms with Crippen molar-refractivity contribution in [2.75, 3.05) is 39.3 Å². The standard InChI is InChI=1S/C10H24Cl2N4/c11-10(12,8-14)9-16-6-2-1-5-15-7-3-4-13/h15-16H,1-9,13-14H2. The molecule has 0 heterocycles. The van der Waals surface area contributed by atoms with E-state index in [4.69, 9.17) is 34.7 Å². The van der Waals surface area contributed by atoms with Gasteiger partial charge in [-0.2, -0.15) is 0 Å². The Kier molecular flexibility index (Phi) is 10.8. The summed E-state index contributed by atoms with van der Waals surface area (Å²) >= 11 is 11.7. The van der Waals surface area contributed by atoms with Crippen LogP contribution in [0, 0.1) is 0 Å². The Morgan fingerprint density at radius 2 is 1.44 bits per heavy atom. The lowest BCUT2D eigenvalue weighted by Crippen LogP contribution is -2.37. The third kappa shape index (κ3) is 10.9. The minimum Gasteiger partial charge on any atom is -0.330 e. The molecule has 0 atom stereocenters. The second-order valence-corrected chi connectivity index (χ2v) is 5.48. The summed E-state index contributed by atoms with van der Waals surface area (Å²) in [6.07, 6.45) is 3.28. The van der Waals surface area contributed by atoms with Gasteiger partial charge in [0, 0.05) is 13.1 Å². The fraction of sp³-hybridized carbons (Fsp3) is 1.00. The lowest BCUT2D eigenvalue weighted by molar-refractivity contribution is 0.563. The number of hydrogen-bond donors (Lipinski definition) is 4. The molecule has 0 unspecified atom stereocenters. The largest absolute Gasteiger partial charge is 0.330 e. The van der Waals surface area contributed by atoms with Crippen molar-refractivity contribution in [2.45, 2.75) is 23.6 Å². The number of nitrogens with two attached hydrogens (primary N) is 2. The minimum atomic E-state index is -0.834. The van der Waals surface area contributed by atoms with Crippen LogP contribution in [0.25, 0.3) is 0 Å². The van der Waals surface area contributed by atoms with Gasteiger partial charge in [-0.25, -0.2) is 0 Å². The molecule has 0 spiro atoms. The Morgan fingerprint density at radius 3 is 2.00 bits per heavy atom. The molecule has 0 fully saturated rings. The Hall–Kier alpha value is 0.420. The van der Waals surface area contributed by atoms with Crippen LogP contribution in [0.2, 0.25) is 0 Å². The molecule has 6 heteroatoms. The molecule has 6 N–H and O–H groups in total. The van der Waals surface area contributed by atoms with Crippen LogP contribution in [0.15, 0.2) is 0 Å². The summed E-state index contributed by atoms with van der Waals surface area (Å²) in [6.45, 7) is 4.51. The van der Waals surface area contributed by atoms with Crippen molar-refractivity contribution >= 4 is 23.2 Å². The quantitative estimate of drug-likeness (QED) is 0.325. The van der Waals surface area contributed by atoms with E-state index >= 15 is 0 Å². The molecule has 0 amide bonds. The normalized spacial score (nSPS) is 12.0. The van der Waals surface area contributed by atoms with Gasteiger partial charge in [0.05, 0.1) is 0 Å². The molecule has 0 aliphatic carbocycles. The number of alkyl halides is 2. The average Bonchev–Trinajstić information content (AvgIpc) is 2.27. The third-order valence-corrected chi connectivity index (χ3v) is 2.77. The lowest BCUT2D eigenvalue weighted by atomic mass is 10.3. The summed E-state index contributed by atoms with van der Waals surface area (Å²) in [4.78, 5) is 0. The maximum atomic E-state index is 5.87. The first-order valence-electron chi connectivity index (χ1n) is 5.82. The fourth-order valence-electron chi connectivity index (χ4n) is 1.20. The maximum absolute atomic E-state index is 5.87. The highest BCUT2D eigenvalue weighted by molar-refractivity contribution is 6.48. The summed E-state index contributed by atoms with van der Waals surface area (Å²) < 4.78 is -0.834. The summed E-state index contributed by atoms with van der Waals surface area (Å²) in [6, 6.07) is 0. The fourth-order valence-corrected chi connectivity index (χ4v) is 1.38. The summed E-state index contributed by atoms with van der Waals surface area (Å²) in [5, 5.41) is 6.51. The van der Waals surface area contributed by atoms with Gasteiger partial charge in [-0.15, -0.1) is 0 Å². The highest BCUT2D eigenvalue weighted by atomic mass is 35.5. The first-order valence-corrected chi connectivity index (χ1v) is 6.57. The van der Waals surface area contributed by atoms with E-state index in [0.29, 0.717) is 6.54 Å². The van der Waals surface area contributed by atoms with Crippen LogP contribution in [0.4, 0.5) is 0 Å². The van der Waals surface area contributed by atoms with Gasteiger partial charge in [0.25, 0.3) is 0 Å². The van der Waals surface area contributed by atoms with Gasteiger partial charge in [-0.3, -0.25) is 0 Å². The molecule has 0 aliphatic heterocycles. The Balaban J connectivity index is 3.10. The average molecular weight is 271 g/mol. The van der Waals surface area contributed by atoms with Crippen LogP contribution in [-0.2, 0) is 0 Å². The topological polar surface area (TPSA) is 76.1 Å². The number of halogens is 2. The second kappa shape index (κ2) is 10.6. The highest BCUT2D eigenvalue weighted by Gasteiger charge is 2.20. The lowest BCUT2D eigenvalue weighted by Gasteiger charge is -2.17. The molecule has 0 rings (SSSR count). The molecular formula is C10H24Cl2N4. The van der Waals surface area contributed by atoms with Crippen molar-refractivity contribution in [3.05, 3.63) is 0 Å². The molecular weight excluding hydrogens is 247 g/mol. The SMILES string of the molecule is NCCCNCCCCNCC(Cl)(Cl)CN. The zero-order chi connectivity index (χ0) is 12.3. The van der Waals surface area contributed by atoms with E-state index in [-0.39, 0.29) is 6.54 Å². The van der Waals surface area contributed by atoms with Gasteiger partial charge in [0.15, 0.2) is 0 Å². The summed E-state index contributed by atoms with van der Waals surface area (Å²) in [5.41, 5.74) is 10.8. The second-order valence-electron chi connectivity index (χ2n) is 3.84. The molecule has 0 aromatic carbocycles. The van der Waals surface area contributed by atoms with Crippen molar-refractivity contribution in [3.63, 3.8) is 0 Å². The number of hydrogen-bond acceptors (Lipinski definition) is 4. The van der Waals surface area contributed by atoms with Crippen molar-refractivity contribution in [1.82, 2.24) is 10.6 Å². The molecule has 4 nitrogen and oxygen atoms in total. The molecule has 0 aromatic rings. The smallest absolute Gasteiger partial charge is 0.142 e. The summed E-state index contributed by atoms with van der Waals surface area (Å²) in [5.74, 6) is 0. The molecule has 0 radical (unpaired) electrons. The van der Waals surface area contributed by atoms with Crippen LogP contribution in [0.3, 0.4) is 0 Å². The van der Waals surface area contributed by atoms with Gasteiger partial charge >= 0.3 is 0 Å². The molecule has 0 saturated heterocycles. The van der Waals surface area contributed by atoms with Gasteiger partial charge < -0.3 is 22.1 Å². The number of nitrogens with one attached hydrogen (secondary N) is 2. The van der Waals surface area contributed by atoms with Gasteiger partial charge in [-0.1, -0.05) is 23.2 Å². The van der Waals surface area contributed by atoms with Crippen molar-refractivity contribution < 1.29 is 0 Å². The Bertz CT molecular complexity index is 156. The molecule has 0 bridgehead atoms. The molecule has 0 aromatic heterocycles. The van der Waals surface area contributed by atoms with Crippen molar-refractivity contribution in [2.24, 2.45) is 11.5 Å². The molecule has 0 saturated carbocycles. The van der Waals surface area contributed by atoms with Crippen LogP contribution in [0.5, 0.6) is 0 Å². The molecule has 0 aliphatic rings. The van der Waals surface area contributed by atoms with E-state index < -0.39 is 4.33 Å². The van der Waals surface area contributed by atoms with Crippen LogP contribution >= 0.6 is 23.2 Å². The Morgan fingerprint density at radius 1 is 0.875 bits per heavy atom. The number of unbranched alkanes of at least 4 members (excludes halogenated alkanes) is 1. The van der Waals surface area contributed by atoms with E-state index in [1.807, 2.05) is 0 Å². The molecule has 16 heavy (non-hydrogen) atoms. The van der Waals surface area contributed by atoms with E-state index in [9.17, 15) is 0 Å². The predicted octanol–water partition coefficient (Wildman–Crippen LogP) is 0.427. The number of rotatable bonds is 11. The zero-order valence-corrected chi connectivity index (χ0v) is 11.3. The predicted molar refractivity (Wildman–Crippen MR) is 72.1 cm³/mol.